The van der Waals surface area contributed by atoms with Gasteiger partial charge in [0.15, 0.2) is 0 Å². The van der Waals surface area contributed by atoms with E-state index in [2.05, 4.69) is 4.72 Å². The van der Waals surface area contributed by atoms with Crippen molar-refractivity contribution in [3.05, 3.63) is 34.6 Å². The lowest BCUT2D eigenvalue weighted by atomic mass is 10.0. The molecule has 0 amide bonds. The summed E-state index contributed by atoms with van der Waals surface area (Å²) in [6.07, 6.45) is -0.156. The molecule has 0 saturated carbocycles. The zero-order valence-corrected chi connectivity index (χ0v) is 16.5. The van der Waals surface area contributed by atoms with E-state index in [9.17, 15) is 13.7 Å². The molecule has 0 saturated heterocycles. The third-order valence-corrected chi connectivity index (χ3v) is 4.86. The van der Waals surface area contributed by atoms with Crippen LogP contribution in [0.25, 0.3) is 0 Å². The molecule has 1 aromatic carbocycles. The Morgan fingerprint density at radius 1 is 1.33 bits per heavy atom. The lowest BCUT2D eigenvalue weighted by Crippen LogP contribution is -2.42. The second-order valence-electron chi connectivity index (χ2n) is 7.49. The highest BCUT2D eigenvalue weighted by molar-refractivity contribution is 7.90. The Balaban J connectivity index is 3.08. The summed E-state index contributed by atoms with van der Waals surface area (Å²) in [5, 5.41) is -0.0509. The maximum absolute atomic E-state index is 14.4. The Labute approximate surface area is 151 Å². The topological polar surface area (TPSA) is 61.4 Å². The number of esters is 1. The average Bonchev–Trinajstić information content (AvgIpc) is 2.37. The van der Waals surface area contributed by atoms with Gasteiger partial charge in [0, 0.05) is 16.9 Å². The van der Waals surface area contributed by atoms with E-state index >= 15 is 0 Å². The van der Waals surface area contributed by atoms with E-state index in [0.29, 0.717) is 0 Å². The summed E-state index contributed by atoms with van der Waals surface area (Å²) < 4.78 is 34.3. The van der Waals surface area contributed by atoms with Crippen LogP contribution in [0, 0.1) is 5.82 Å². The molecule has 0 aliphatic heterocycles. The molecule has 4 nitrogen and oxygen atoms in total. The lowest BCUT2D eigenvalue weighted by molar-refractivity contribution is -0.155. The molecule has 1 unspecified atom stereocenters. The van der Waals surface area contributed by atoms with Gasteiger partial charge in [-0.05, 0) is 47.6 Å². The molecule has 136 valence electrons. The number of ether oxygens (including phenoxy) is 1. The number of hydrogen-bond acceptors (Lipinski definition) is 4. The molecule has 2 atom stereocenters. The fourth-order valence-corrected chi connectivity index (χ4v) is 2.86. The molecule has 0 spiro atoms. The molecule has 24 heavy (non-hydrogen) atoms. The van der Waals surface area contributed by atoms with Gasteiger partial charge in [0.1, 0.15) is 16.2 Å². The van der Waals surface area contributed by atoms with Crippen LogP contribution in [0.15, 0.2) is 18.2 Å². The van der Waals surface area contributed by atoms with Crippen molar-refractivity contribution in [1.82, 2.24) is 4.72 Å². The fourth-order valence-electron chi connectivity index (χ4n) is 1.86. The summed E-state index contributed by atoms with van der Waals surface area (Å²) in [4.78, 5) is 12.2. The monoisotopic (exact) mass is 377 g/mol. The Kier molecular flexibility index (Phi) is 7.11. The second kappa shape index (κ2) is 8.04. The van der Waals surface area contributed by atoms with E-state index in [0.717, 1.165) is 0 Å². The van der Waals surface area contributed by atoms with E-state index in [-0.39, 0.29) is 17.0 Å². The molecule has 0 aliphatic rings. The number of hydrogen-bond donors (Lipinski definition) is 1. The van der Waals surface area contributed by atoms with Crippen LogP contribution >= 0.6 is 11.6 Å². The molecule has 0 bridgehead atoms. The predicted octanol–water partition coefficient (Wildman–Crippen LogP) is 4.30. The van der Waals surface area contributed by atoms with Gasteiger partial charge < -0.3 is 9.29 Å². The number of benzene rings is 1. The third-order valence-electron chi connectivity index (χ3n) is 2.95. The molecule has 0 aromatic heterocycles. The largest absolute Gasteiger partial charge is 0.598 e. The summed E-state index contributed by atoms with van der Waals surface area (Å²) in [6.45, 7) is 10.6. The maximum atomic E-state index is 14.4. The van der Waals surface area contributed by atoms with Crippen molar-refractivity contribution >= 4 is 28.9 Å². The molecule has 1 rings (SSSR count). The summed E-state index contributed by atoms with van der Waals surface area (Å²) in [5.41, 5.74) is -0.469. The highest BCUT2D eigenvalue weighted by atomic mass is 35.5. The first-order valence-corrected chi connectivity index (χ1v) is 9.18. The third kappa shape index (κ3) is 6.59. The van der Waals surface area contributed by atoms with Crippen LogP contribution in [0.4, 0.5) is 4.39 Å². The minimum absolute atomic E-state index is 0.0509. The highest BCUT2D eigenvalue weighted by Gasteiger charge is 2.33. The van der Waals surface area contributed by atoms with Gasteiger partial charge in [-0.2, -0.15) is 0 Å². The van der Waals surface area contributed by atoms with Gasteiger partial charge in [-0.3, -0.25) is 4.79 Å². The van der Waals surface area contributed by atoms with Crippen LogP contribution in [-0.4, -0.2) is 20.9 Å². The van der Waals surface area contributed by atoms with Gasteiger partial charge in [-0.25, -0.2) is 4.39 Å². The van der Waals surface area contributed by atoms with Crippen molar-refractivity contribution in [3.8, 4) is 0 Å². The summed E-state index contributed by atoms with van der Waals surface area (Å²) >= 11 is 4.34. The van der Waals surface area contributed by atoms with Crippen molar-refractivity contribution in [1.29, 1.82) is 0 Å². The van der Waals surface area contributed by atoms with Crippen molar-refractivity contribution in [2.45, 2.75) is 64.4 Å². The van der Waals surface area contributed by atoms with Crippen LogP contribution in [0.3, 0.4) is 0 Å². The quantitative estimate of drug-likeness (QED) is 0.613. The zero-order valence-electron chi connectivity index (χ0n) is 14.9. The Morgan fingerprint density at radius 2 is 1.92 bits per heavy atom. The van der Waals surface area contributed by atoms with E-state index in [1.165, 1.54) is 12.1 Å². The van der Waals surface area contributed by atoms with Crippen molar-refractivity contribution < 1.29 is 18.5 Å². The number of nitrogens with one attached hydrogen (secondary N) is 1. The molecule has 0 heterocycles. The molecule has 1 aromatic rings. The van der Waals surface area contributed by atoms with Crippen molar-refractivity contribution in [2.75, 3.05) is 0 Å². The first-order valence-electron chi connectivity index (χ1n) is 7.65. The molecular weight excluding hydrogens is 353 g/mol. The van der Waals surface area contributed by atoms with Gasteiger partial charge >= 0.3 is 5.97 Å². The molecule has 1 N–H and O–H groups in total. The van der Waals surface area contributed by atoms with Gasteiger partial charge in [-0.15, -0.1) is 4.72 Å². The van der Waals surface area contributed by atoms with E-state index in [4.69, 9.17) is 16.3 Å². The van der Waals surface area contributed by atoms with Crippen molar-refractivity contribution in [3.63, 3.8) is 0 Å². The van der Waals surface area contributed by atoms with Crippen LogP contribution < -0.4 is 4.72 Å². The van der Waals surface area contributed by atoms with Gasteiger partial charge in [-0.1, -0.05) is 23.7 Å². The van der Waals surface area contributed by atoms with E-state index in [1.54, 1.807) is 47.6 Å². The number of carbonyl (C=O) groups excluding carboxylic acids is 1. The smallest absolute Gasteiger partial charge is 0.308 e. The Bertz CT molecular complexity index is 584. The number of rotatable bonds is 5. The first kappa shape index (κ1) is 21.2. The molecule has 0 fully saturated rings. The van der Waals surface area contributed by atoms with Gasteiger partial charge in [0.05, 0.1) is 17.5 Å². The second-order valence-corrected chi connectivity index (χ2v) is 9.89. The Hall–Kier alpha value is -0.820. The number of halogens is 2. The average molecular weight is 378 g/mol. The minimum Gasteiger partial charge on any atom is -0.598 e. The highest BCUT2D eigenvalue weighted by Crippen LogP contribution is 2.28. The SMILES string of the molecule is CC(C)(C)OC(=O)C[C@H](N[S+]([O-])C(C)(C)C)c1cccc(Cl)c1F. The van der Waals surface area contributed by atoms with Crippen molar-refractivity contribution in [2.24, 2.45) is 0 Å². The number of carbonyl (C=O) groups is 1. The van der Waals surface area contributed by atoms with Crippen LogP contribution in [0.2, 0.25) is 5.02 Å². The zero-order chi connectivity index (χ0) is 18.7. The predicted molar refractivity (Wildman–Crippen MR) is 95.6 cm³/mol. The normalized spacial score (nSPS) is 15.0. The van der Waals surface area contributed by atoms with E-state index in [1.807, 2.05) is 0 Å². The molecule has 7 heteroatoms. The Morgan fingerprint density at radius 3 is 2.42 bits per heavy atom. The van der Waals surface area contributed by atoms with Crippen LogP contribution in [-0.2, 0) is 20.9 Å². The molecule has 0 aliphatic carbocycles. The van der Waals surface area contributed by atoms with Crippen LogP contribution in [0.5, 0.6) is 0 Å². The summed E-state index contributed by atoms with van der Waals surface area (Å²) in [6, 6.07) is 3.72. The van der Waals surface area contributed by atoms with Crippen LogP contribution in [0.1, 0.15) is 59.6 Å². The maximum Gasteiger partial charge on any atom is 0.308 e. The lowest BCUT2D eigenvalue weighted by Gasteiger charge is -2.29. The molecule has 0 radical (unpaired) electrons. The van der Waals surface area contributed by atoms with Gasteiger partial charge in [0.25, 0.3) is 0 Å². The van der Waals surface area contributed by atoms with Gasteiger partial charge in [0.2, 0.25) is 0 Å². The van der Waals surface area contributed by atoms with E-state index < -0.39 is 39.5 Å². The molecular formula is C17H25ClFNO3S. The fraction of sp³-hybridized carbons (Fsp3) is 0.588. The minimum atomic E-state index is -1.49. The summed E-state index contributed by atoms with van der Waals surface area (Å²) in [7, 11) is 0. The standard InChI is InChI=1S/C17H25ClFNO3S/c1-16(2,3)23-14(21)10-13(20-24(22)17(4,5)6)11-8-7-9-12(18)15(11)19/h7-9,13,20H,10H2,1-6H3/t13-,24?/m0/s1. The first-order chi connectivity index (χ1) is 10.8. The summed E-state index contributed by atoms with van der Waals surface area (Å²) in [5.74, 6) is -1.14.